The number of rotatable bonds is 14. The van der Waals surface area contributed by atoms with E-state index in [0.717, 1.165) is 5.54 Å². The molecule has 4 heteroatoms. The average molecular weight is 369 g/mol. The monoisotopic (exact) mass is 368 g/mol. The summed E-state index contributed by atoms with van der Waals surface area (Å²) in [6, 6.07) is 6.21. The molecule has 0 aliphatic carbocycles. The lowest BCUT2D eigenvalue weighted by atomic mass is 10.4. The van der Waals surface area contributed by atoms with E-state index in [9.17, 15) is 0 Å². The molecule has 0 rings (SSSR count). The largest absolute Gasteiger partial charge is 0.458 e. The molecule has 0 aliphatic heterocycles. The summed E-state index contributed by atoms with van der Waals surface area (Å²) in [6.45, 7) is 23.8. The summed E-state index contributed by atoms with van der Waals surface area (Å²) in [5, 5.41) is 0. The number of hydrogen-bond acceptors (Lipinski definition) is 1. The molecule has 23 heavy (non-hydrogen) atoms. The molecule has 0 spiro atoms. The molecular formula is C19H40OSi3. The minimum absolute atomic E-state index is 0.789. The molecule has 0 bridgehead atoms. The second kappa shape index (κ2) is 11.4. The summed E-state index contributed by atoms with van der Waals surface area (Å²) in [4.78, 5) is 0. The maximum Gasteiger partial charge on any atom is 0.173 e. The van der Waals surface area contributed by atoms with Gasteiger partial charge >= 0.3 is 0 Å². The summed E-state index contributed by atoms with van der Waals surface area (Å²) < 4.78 is 6.62. The van der Waals surface area contributed by atoms with Gasteiger partial charge in [0.25, 0.3) is 0 Å². The Hall–Kier alpha value is -0.169. The summed E-state index contributed by atoms with van der Waals surface area (Å²) in [7, 11) is -3.87. The van der Waals surface area contributed by atoms with Gasteiger partial charge < -0.3 is 4.12 Å². The van der Waals surface area contributed by atoms with Crippen LogP contribution in [0.25, 0.3) is 0 Å². The average Bonchev–Trinajstić information content (AvgIpc) is 2.46. The molecule has 0 aliphatic rings. The lowest BCUT2D eigenvalue weighted by molar-refractivity contribution is 0.539. The van der Waals surface area contributed by atoms with Crippen LogP contribution >= 0.6 is 0 Å². The maximum atomic E-state index is 6.62. The van der Waals surface area contributed by atoms with Gasteiger partial charge in [0.1, 0.15) is 0 Å². The number of allylic oxidation sites excluding steroid dienone is 3. The second-order valence-corrected chi connectivity index (χ2v) is 20.0. The van der Waals surface area contributed by atoms with Crippen molar-refractivity contribution < 1.29 is 4.12 Å². The third kappa shape index (κ3) is 9.03. The first-order valence-corrected chi connectivity index (χ1v) is 17.5. The molecule has 2 atom stereocenters. The Labute approximate surface area is 149 Å². The first-order valence-electron chi connectivity index (χ1n) is 9.26. The fraction of sp³-hybridized carbons (Fsp3) is 0.684. The molecule has 0 heterocycles. The molecule has 0 saturated heterocycles. The van der Waals surface area contributed by atoms with Gasteiger partial charge in [-0.1, -0.05) is 51.0 Å². The Balaban J connectivity index is 4.63. The van der Waals surface area contributed by atoms with Gasteiger partial charge in [-0.25, -0.2) is 0 Å². The van der Waals surface area contributed by atoms with Crippen LogP contribution in [0.15, 0.2) is 38.0 Å². The molecule has 0 aromatic rings. The zero-order chi connectivity index (χ0) is 17.9. The maximum absolute atomic E-state index is 6.62. The van der Waals surface area contributed by atoms with E-state index < -0.39 is 25.4 Å². The van der Waals surface area contributed by atoms with Crippen molar-refractivity contribution >= 4 is 25.4 Å². The highest BCUT2D eigenvalue weighted by Gasteiger charge is 2.31. The van der Waals surface area contributed by atoms with Crippen molar-refractivity contribution in [1.82, 2.24) is 0 Å². The molecule has 134 valence electrons. The van der Waals surface area contributed by atoms with Gasteiger partial charge in [-0.3, -0.25) is 0 Å². The zero-order valence-corrected chi connectivity index (χ0v) is 19.5. The van der Waals surface area contributed by atoms with Gasteiger partial charge in [-0.2, -0.15) is 0 Å². The van der Waals surface area contributed by atoms with E-state index >= 15 is 0 Å². The summed E-state index contributed by atoms with van der Waals surface area (Å²) in [5.74, 6) is 0. The van der Waals surface area contributed by atoms with Gasteiger partial charge in [0.05, 0.1) is 8.07 Å². The van der Waals surface area contributed by atoms with Crippen LogP contribution in [0.1, 0.15) is 26.7 Å². The van der Waals surface area contributed by atoms with E-state index in [0.29, 0.717) is 0 Å². The van der Waals surface area contributed by atoms with E-state index in [2.05, 4.69) is 71.5 Å². The Bertz CT molecular complexity index is 339. The normalized spacial score (nSPS) is 15.0. The highest BCUT2D eigenvalue weighted by molar-refractivity contribution is 6.81. The van der Waals surface area contributed by atoms with Gasteiger partial charge in [0.15, 0.2) is 17.4 Å². The fourth-order valence-electron chi connectivity index (χ4n) is 3.37. The summed E-state index contributed by atoms with van der Waals surface area (Å²) in [5.41, 5.74) is 0.789. The Kier molecular flexibility index (Phi) is 11.3. The van der Waals surface area contributed by atoms with E-state index in [1.54, 1.807) is 0 Å². The predicted octanol–water partition coefficient (Wildman–Crippen LogP) is 6.76. The van der Waals surface area contributed by atoms with Crippen LogP contribution in [0.2, 0.25) is 55.4 Å². The van der Waals surface area contributed by atoms with Gasteiger partial charge in [-0.15, -0.1) is 19.7 Å². The molecule has 2 unspecified atom stereocenters. The van der Waals surface area contributed by atoms with E-state index in [1.807, 2.05) is 0 Å². The van der Waals surface area contributed by atoms with Crippen molar-refractivity contribution in [3.05, 3.63) is 38.0 Å². The standard InChI is InChI=1S/C19H40OSi3/c1-9-14-23(15-10-2,16-11-3)18-13-17-22(7,8)20-21(6)19(5)12-4/h9-11,19,21H,1-3,12-18H2,4-8H3. The van der Waals surface area contributed by atoms with Crippen LogP contribution in [-0.4, -0.2) is 25.4 Å². The molecule has 0 aromatic heterocycles. The van der Waals surface area contributed by atoms with E-state index in [-0.39, 0.29) is 0 Å². The minimum Gasteiger partial charge on any atom is -0.458 e. The molecule has 0 fully saturated rings. The number of hydrogen-bond donors (Lipinski definition) is 0. The van der Waals surface area contributed by atoms with Crippen LogP contribution in [0, 0.1) is 0 Å². The van der Waals surface area contributed by atoms with Crippen molar-refractivity contribution in [2.24, 2.45) is 0 Å². The van der Waals surface area contributed by atoms with Crippen LogP contribution in [0.3, 0.4) is 0 Å². The van der Waals surface area contributed by atoms with Gasteiger partial charge in [0, 0.05) is 0 Å². The van der Waals surface area contributed by atoms with Crippen molar-refractivity contribution in [1.29, 1.82) is 0 Å². The van der Waals surface area contributed by atoms with Crippen molar-refractivity contribution in [2.75, 3.05) is 0 Å². The molecule has 0 aromatic carbocycles. The molecule has 0 radical (unpaired) electrons. The van der Waals surface area contributed by atoms with Gasteiger partial charge in [-0.05, 0) is 49.4 Å². The van der Waals surface area contributed by atoms with Gasteiger partial charge in [0.2, 0.25) is 0 Å². The first-order chi connectivity index (χ1) is 10.8. The summed E-state index contributed by atoms with van der Waals surface area (Å²) in [6.07, 6.45) is 8.93. The third-order valence-electron chi connectivity index (χ3n) is 5.17. The molecule has 1 nitrogen and oxygen atoms in total. The van der Waals surface area contributed by atoms with Crippen molar-refractivity contribution in [2.45, 2.75) is 82.1 Å². The Morgan fingerprint density at radius 1 is 1.00 bits per heavy atom. The lowest BCUT2D eigenvalue weighted by Gasteiger charge is -2.33. The first kappa shape index (κ1) is 22.8. The van der Waals surface area contributed by atoms with E-state index in [4.69, 9.17) is 4.12 Å². The molecule has 0 N–H and O–H groups in total. The quantitative estimate of drug-likeness (QED) is 0.243. The topological polar surface area (TPSA) is 9.23 Å². The smallest absolute Gasteiger partial charge is 0.173 e. The molecule has 0 saturated carbocycles. The molecule has 0 amide bonds. The van der Waals surface area contributed by atoms with E-state index in [1.165, 1.54) is 43.1 Å². The zero-order valence-electron chi connectivity index (χ0n) is 16.4. The van der Waals surface area contributed by atoms with Crippen molar-refractivity contribution in [3.63, 3.8) is 0 Å². The van der Waals surface area contributed by atoms with Crippen LogP contribution in [-0.2, 0) is 4.12 Å². The summed E-state index contributed by atoms with van der Waals surface area (Å²) >= 11 is 0. The fourth-order valence-corrected chi connectivity index (χ4v) is 14.7. The molecular weight excluding hydrogens is 328 g/mol. The van der Waals surface area contributed by atoms with Crippen LogP contribution in [0.4, 0.5) is 0 Å². The SMILES string of the molecule is C=CC[Si](CC=C)(CC=C)CCC[Si](C)(C)O[SiH](C)C(C)CC. The Morgan fingerprint density at radius 3 is 1.87 bits per heavy atom. The van der Waals surface area contributed by atoms with Crippen LogP contribution < -0.4 is 0 Å². The third-order valence-corrected chi connectivity index (χ3v) is 17.7. The second-order valence-electron chi connectivity index (χ2n) is 7.80. The highest BCUT2D eigenvalue weighted by Crippen LogP contribution is 2.31. The lowest BCUT2D eigenvalue weighted by Crippen LogP contribution is -2.39. The Morgan fingerprint density at radius 2 is 1.48 bits per heavy atom. The minimum atomic E-state index is -1.51. The highest BCUT2D eigenvalue weighted by atomic mass is 28.4. The van der Waals surface area contributed by atoms with Crippen LogP contribution in [0.5, 0.6) is 0 Å². The predicted molar refractivity (Wildman–Crippen MR) is 116 cm³/mol. The van der Waals surface area contributed by atoms with Crippen molar-refractivity contribution in [3.8, 4) is 0 Å².